The first kappa shape index (κ1) is 20.5. The zero-order chi connectivity index (χ0) is 18.6. The van der Waals surface area contributed by atoms with Crippen molar-refractivity contribution in [3.63, 3.8) is 0 Å². The highest BCUT2D eigenvalue weighted by Gasteiger charge is 2.13. The van der Waals surface area contributed by atoms with Crippen LogP contribution in [0.1, 0.15) is 17.5 Å². The van der Waals surface area contributed by atoms with E-state index in [-0.39, 0.29) is 12.4 Å². The number of aliphatic hydroxyl groups is 1. The molecule has 2 rings (SSSR count). The minimum absolute atomic E-state index is 0.242. The lowest BCUT2D eigenvalue weighted by molar-refractivity contribution is 0.00738. The Morgan fingerprint density at radius 1 is 1.04 bits per heavy atom. The van der Waals surface area contributed by atoms with Crippen molar-refractivity contribution < 1.29 is 19.0 Å². The maximum absolute atomic E-state index is 13.1. The molecular weight excluding hydrogens is 333 g/mol. The summed E-state index contributed by atoms with van der Waals surface area (Å²) in [7, 11) is 1.68. The standard InChI is InChI=1S/C21H28FNO3/c1-25-13-5-12-23(14-18-8-10-20(22)11-9-18)15-21(24)17-26-16-19-6-3-2-4-7-19/h2-4,6-11,21,24H,5,12-17H2,1H3/t21-/m0/s1. The quantitative estimate of drug-likeness (QED) is 0.590. The number of ether oxygens (including phenoxy) is 2. The third-order valence-electron chi connectivity index (χ3n) is 4.03. The molecule has 0 fully saturated rings. The summed E-state index contributed by atoms with van der Waals surface area (Å²) in [5.74, 6) is -0.242. The smallest absolute Gasteiger partial charge is 0.123 e. The Morgan fingerprint density at radius 2 is 1.77 bits per heavy atom. The van der Waals surface area contributed by atoms with Crippen LogP contribution in [0.3, 0.4) is 0 Å². The fourth-order valence-electron chi connectivity index (χ4n) is 2.75. The maximum Gasteiger partial charge on any atom is 0.123 e. The van der Waals surface area contributed by atoms with Crippen LogP contribution in [0.2, 0.25) is 0 Å². The Balaban J connectivity index is 1.80. The molecule has 26 heavy (non-hydrogen) atoms. The van der Waals surface area contributed by atoms with Crippen molar-refractivity contribution in [2.45, 2.75) is 25.7 Å². The number of hydrogen-bond donors (Lipinski definition) is 1. The van der Waals surface area contributed by atoms with Crippen LogP contribution >= 0.6 is 0 Å². The number of hydrogen-bond acceptors (Lipinski definition) is 4. The maximum atomic E-state index is 13.1. The lowest BCUT2D eigenvalue weighted by Gasteiger charge is -2.25. The highest BCUT2D eigenvalue weighted by Crippen LogP contribution is 2.09. The van der Waals surface area contributed by atoms with Crippen LogP contribution in [0.25, 0.3) is 0 Å². The fraction of sp³-hybridized carbons (Fsp3) is 0.429. The lowest BCUT2D eigenvalue weighted by Crippen LogP contribution is -2.35. The van der Waals surface area contributed by atoms with Crippen LogP contribution in [-0.2, 0) is 22.6 Å². The normalized spacial score (nSPS) is 12.5. The van der Waals surface area contributed by atoms with E-state index in [0.29, 0.717) is 26.3 Å². The molecule has 0 heterocycles. The highest BCUT2D eigenvalue weighted by molar-refractivity contribution is 5.16. The van der Waals surface area contributed by atoms with Crippen molar-refractivity contribution in [2.24, 2.45) is 0 Å². The Hall–Kier alpha value is -1.79. The van der Waals surface area contributed by atoms with Gasteiger partial charge in [-0.25, -0.2) is 4.39 Å². The molecule has 0 aliphatic heterocycles. The van der Waals surface area contributed by atoms with Crippen molar-refractivity contribution in [1.29, 1.82) is 0 Å². The average molecular weight is 361 g/mol. The minimum atomic E-state index is -0.582. The monoisotopic (exact) mass is 361 g/mol. The van der Waals surface area contributed by atoms with Gasteiger partial charge in [0.1, 0.15) is 5.82 Å². The molecule has 4 nitrogen and oxygen atoms in total. The summed E-state index contributed by atoms with van der Waals surface area (Å²) < 4.78 is 23.8. The molecule has 0 aliphatic rings. The first-order valence-corrected chi connectivity index (χ1v) is 8.93. The fourth-order valence-corrected chi connectivity index (χ4v) is 2.75. The van der Waals surface area contributed by atoms with Gasteiger partial charge in [-0.05, 0) is 29.7 Å². The minimum Gasteiger partial charge on any atom is -0.389 e. The summed E-state index contributed by atoms with van der Waals surface area (Å²) in [6, 6.07) is 16.4. The van der Waals surface area contributed by atoms with E-state index in [0.717, 1.165) is 24.1 Å². The van der Waals surface area contributed by atoms with E-state index in [1.165, 1.54) is 12.1 Å². The largest absolute Gasteiger partial charge is 0.389 e. The van der Waals surface area contributed by atoms with Gasteiger partial charge in [0.2, 0.25) is 0 Å². The van der Waals surface area contributed by atoms with E-state index in [1.807, 2.05) is 30.3 Å². The van der Waals surface area contributed by atoms with Crippen molar-refractivity contribution >= 4 is 0 Å². The molecule has 0 unspecified atom stereocenters. The molecule has 0 aliphatic carbocycles. The SMILES string of the molecule is COCCCN(Cc1ccc(F)cc1)C[C@H](O)COCc1ccccc1. The van der Waals surface area contributed by atoms with Crippen LogP contribution in [0, 0.1) is 5.82 Å². The van der Waals surface area contributed by atoms with Gasteiger partial charge in [-0.15, -0.1) is 0 Å². The van der Waals surface area contributed by atoms with Gasteiger partial charge < -0.3 is 14.6 Å². The number of methoxy groups -OCH3 is 1. The third kappa shape index (κ3) is 8.06. The predicted molar refractivity (Wildman–Crippen MR) is 100 cm³/mol. The van der Waals surface area contributed by atoms with Crippen LogP contribution in [0.15, 0.2) is 54.6 Å². The Morgan fingerprint density at radius 3 is 2.46 bits per heavy atom. The molecule has 0 radical (unpaired) electrons. The van der Waals surface area contributed by atoms with E-state index in [2.05, 4.69) is 4.90 Å². The second-order valence-corrected chi connectivity index (χ2v) is 6.36. The van der Waals surface area contributed by atoms with Crippen molar-refractivity contribution in [3.8, 4) is 0 Å². The van der Waals surface area contributed by atoms with Gasteiger partial charge in [0, 0.05) is 33.4 Å². The van der Waals surface area contributed by atoms with Crippen LogP contribution < -0.4 is 0 Å². The van der Waals surface area contributed by atoms with Crippen molar-refractivity contribution in [2.75, 3.05) is 33.4 Å². The third-order valence-corrected chi connectivity index (χ3v) is 4.03. The number of benzene rings is 2. The Kier molecular flexibility index (Phi) is 9.28. The van der Waals surface area contributed by atoms with Gasteiger partial charge in [0.15, 0.2) is 0 Å². The summed E-state index contributed by atoms with van der Waals surface area (Å²) >= 11 is 0. The first-order valence-electron chi connectivity index (χ1n) is 8.93. The Bertz CT molecular complexity index is 606. The van der Waals surface area contributed by atoms with Gasteiger partial charge in [-0.3, -0.25) is 4.90 Å². The molecule has 0 bridgehead atoms. The highest BCUT2D eigenvalue weighted by atomic mass is 19.1. The summed E-state index contributed by atoms with van der Waals surface area (Å²) in [4.78, 5) is 2.14. The average Bonchev–Trinajstić information content (AvgIpc) is 2.64. The molecule has 142 valence electrons. The first-order chi connectivity index (χ1) is 12.7. The lowest BCUT2D eigenvalue weighted by atomic mass is 10.2. The zero-order valence-corrected chi connectivity index (χ0v) is 15.3. The Labute approximate surface area is 155 Å². The number of halogens is 1. The van der Waals surface area contributed by atoms with E-state index >= 15 is 0 Å². The van der Waals surface area contributed by atoms with Crippen LogP contribution in [-0.4, -0.2) is 49.5 Å². The van der Waals surface area contributed by atoms with Gasteiger partial charge in [-0.2, -0.15) is 0 Å². The van der Waals surface area contributed by atoms with Crippen molar-refractivity contribution in [3.05, 3.63) is 71.5 Å². The molecule has 1 atom stereocenters. The van der Waals surface area contributed by atoms with E-state index in [1.54, 1.807) is 19.2 Å². The van der Waals surface area contributed by atoms with Gasteiger partial charge in [0.05, 0.1) is 19.3 Å². The molecular formula is C21H28FNO3. The topological polar surface area (TPSA) is 41.9 Å². The molecule has 2 aromatic rings. The summed E-state index contributed by atoms with van der Waals surface area (Å²) in [6.45, 7) is 3.37. The molecule has 0 saturated heterocycles. The second-order valence-electron chi connectivity index (χ2n) is 6.36. The van der Waals surface area contributed by atoms with Gasteiger partial charge in [-0.1, -0.05) is 42.5 Å². The van der Waals surface area contributed by atoms with Crippen molar-refractivity contribution in [1.82, 2.24) is 4.90 Å². The summed E-state index contributed by atoms with van der Waals surface area (Å²) in [6.07, 6.45) is 0.289. The summed E-state index contributed by atoms with van der Waals surface area (Å²) in [5.41, 5.74) is 2.10. The zero-order valence-electron chi connectivity index (χ0n) is 15.3. The molecule has 0 aromatic heterocycles. The molecule has 0 amide bonds. The van der Waals surface area contributed by atoms with E-state index < -0.39 is 6.10 Å². The second kappa shape index (κ2) is 11.8. The summed E-state index contributed by atoms with van der Waals surface area (Å²) in [5, 5.41) is 10.3. The van der Waals surface area contributed by atoms with E-state index in [9.17, 15) is 9.50 Å². The van der Waals surface area contributed by atoms with Gasteiger partial charge in [0.25, 0.3) is 0 Å². The molecule has 5 heteroatoms. The van der Waals surface area contributed by atoms with Crippen LogP contribution in [0.5, 0.6) is 0 Å². The molecule has 1 N–H and O–H groups in total. The van der Waals surface area contributed by atoms with E-state index in [4.69, 9.17) is 9.47 Å². The number of rotatable bonds is 12. The number of aliphatic hydroxyl groups excluding tert-OH is 1. The molecule has 0 spiro atoms. The molecule has 0 saturated carbocycles. The predicted octanol–water partition coefficient (Wildman–Crippen LogP) is 3.24. The number of nitrogens with zero attached hydrogens (tertiary/aromatic N) is 1. The van der Waals surface area contributed by atoms with Crippen LogP contribution in [0.4, 0.5) is 4.39 Å². The molecule has 2 aromatic carbocycles. The van der Waals surface area contributed by atoms with Gasteiger partial charge >= 0.3 is 0 Å².